The third-order valence-electron chi connectivity index (χ3n) is 5.27. The molecule has 1 aromatic heterocycles. The van der Waals surface area contributed by atoms with Crippen molar-refractivity contribution in [1.29, 1.82) is 5.26 Å². The molecule has 0 saturated heterocycles. The minimum atomic E-state index is -0.577. The van der Waals surface area contributed by atoms with Gasteiger partial charge in [0.15, 0.2) is 5.76 Å². The second-order valence-corrected chi connectivity index (χ2v) is 8.05. The predicted octanol–water partition coefficient (Wildman–Crippen LogP) is 5.45. The summed E-state index contributed by atoms with van der Waals surface area (Å²) in [5, 5.41) is 18.3. The van der Waals surface area contributed by atoms with Crippen LogP contribution < -0.4 is 10.2 Å². The van der Waals surface area contributed by atoms with Crippen molar-refractivity contribution in [3.05, 3.63) is 94.0 Å². The summed E-state index contributed by atoms with van der Waals surface area (Å²) in [5.74, 6) is 0.129. The van der Waals surface area contributed by atoms with E-state index in [0.29, 0.717) is 16.3 Å². The van der Waals surface area contributed by atoms with Crippen LogP contribution in [-0.4, -0.2) is 11.1 Å². The van der Waals surface area contributed by atoms with E-state index < -0.39 is 12.1 Å². The van der Waals surface area contributed by atoms with Crippen LogP contribution in [0.4, 0.5) is 5.69 Å². The van der Waals surface area contributed by atoms with E-state index in [2.05, 4.69) is 23.1 Å². The van der Waals surface area contributed by atoms with Gasteiger partial charge < -0.3 is 14.7 Å². The number of anilines is 1. The molecule has 4 aromatic rings. The van der Waals surface area contributed by atoms with E-state index in [1.807, 2.05) is 71.6 Å². The van der Waals surface area contributed by atoms with Crippen molar-refractivity contribution >= 4 is 46.7 Å². The van der Waals surface area contributed by atoms with Crippen molar-refractivity contribution < 1.29 is 9.32 Å². The molecule has 1 unspecified atom stereocenters. The van der Waals surface area contributed by atoms with E-state index in [-0.39, 0.29) is 10.6 Å². The molecule has 5 rings (SSSR count). The van der Waals surface area contributed by atoms with Crippen molar-refractivity contribution in [3.8, 4) is 17.4 Å². The molecule has 2 heterocycles. The molecule has 8 heteroatoms. The Hall–Kier alpha value is -3.73. The lowest BCUT2D eigenvalue weighted by Crippen LogP contribution is -2.46. The summed E-state index contributed by atoms with van der Waals surface area (Å²) in [5.41, 5.74) is 3.06. The standard InChI is InChI=1S/C24H15ClN4O2S/c25-16-9-6-14(7-10-16)21-18-12-15(8-11-20(18)28-31-21)22-27-23(30)19(13-26)24(32)29(22)17-4-2-1-3-5-17/h1-12,22,32H,(H,27,30). The topological polar surface area (TPSA) is 82.2 Å². The van der Waals surface area contributed by atoms with Crippen LogP contribution in [0.15, 0.2) is 87.9 Å². The molecule has 1 N–H and O–H groups in total. The number of hydrogen-bond acceptors (Lipinski definition) is 6. The number of amides is 1. The first-order chi connectivity index (χ1) is 15.6. The Bertz CT molecular complexity index is 1410. The molecule has 1 atom stereocenters. The minimum absolute atomic E-state index is 0.0404. The maximum absolute atomic E-state index is 12.6. The van der Waals surface area contributed by atoms with Crippen molar-refractivity contribution in [2.75, 3.05) is 4.90 Å². The van der Waals surface area contributed by atoms with Crippen LogP contribution in [0.5, 0.6) is 0 Å². The van der Waals surface area contributed by atoms with Gasteiger partial charge in [0.25, 0.3) is 5.91 Å². The van der Waals surface area contributed by atoms with Crippen molar-refractivity contribution in [2.24, 2.45) is 0 Å². The number of thiol groups is 1. The number of carbonyl (C=O) groups excluding carboxylic acids is 1. The molecule has 0 spiro atoms. The molecule has 0 aliphatic carbocycles. The molecule has 3 aromatic carbocycles. The fraction of sp³-hybridized carbons (Fsp3) is 0.0417. The first-order valence-electron chi connectivity index (χ1n) is 9.70. The molecule has 32 heavy (non-hydrogen) atoms. The fourth-order valence-electron chi connectivity index (χ4n) is 3.74. The Kier molecular flexibility index (Phi) is 5.10. The molecule has 156 valence electrons. The third kappa shape index (κ3) is 3.40. The first kappa shape index (κ1) is 20.2. The van der Waals surface area contributed by atoms with Gasteiger partial charge in [-0.15, -0.1) is 12.6 Å². The SMILES string of the molecule is N#CC1=C(S)N(c2ccccc2)C(c2ccc3noc(-c4ccc(Cl)cc4)c3c2)NC1=O. The second kappa shape index (κ2) is 8.08. The van der Waals surface area contributed by atoms with Crippen LogP contribution >= 0.6 is 24.2 Å². The van der Waals surface area contributed by atoms with Crippen LogP contribution in [0.3, 0.4) is 0 Å². The summed E-state index contributed by atoms with van der Waals surface area (Å²) in [7, 11) is 0. The van der Waals surface area contributed by atoms with Crippen molar-refractivity contribution in [2.45, 2.75) is 6.17 Å². The summed E-state index contributed by atoms with van der Waals surface area (Å²) < 4.78 is 5.61. The number of rotatable bonds is 3. The molecule has 0 saturated carbocycles. The van der Waals surface area contributed by atoms with Crippen LogP contribution in [0, 0.1) is 11.3 Å². The summed E-state index contributed by atoms with van der Waals surface area (Å²) in [4.78, 5) is 14.4. The quantitative estimate of drug-likeness (QED) is 0.399. The Labute approximate surface area is 194 Å². The van der Waals surface area contributed by atoms with Gasteiger partial charge in [-0.05, 0) is 54.1 Å². The number of fused-ring (bicyclic) bond motifs is 1. The van der Waals surface area contributed by atoms with Crippen molar-refractivity contribution in [1.82, 2.24) is 10.5 Å². The van der Waals surface area contributed by atoms with E-state index in [1.54, 1.807) is 12.1 Å². The Morgan fingerprint density at radius 2 is 1.84 bits per heavy atom. The average Bonchev–Trinajstić information content (AvgIpc) is 3.23. The van der Waals surface area contributed by atoms with Gasteiger partial charge in [-0.25, -0.2) is 0 Å². The number of nitrogens with one attached hydrogen (secondary N) is 1. The van der Waals surface area contributed by atoms with Crippen molar-refractivity contribution in [3.63, 3.8) is 0 Å². The van der Waals surface area contributed by atoms with E-state index in [4.69, 9.17) is 16.1 Å². The van der Waals surface area contributed by atoms with Gasteiger partial charge in [0.2, 0.25) is 0 Å². The number of carbonyl (C=O) groups is 1. The molecule has 0 radical (unpaired) electrons. The van der Waals surface area contributed by atoms with E-state index in [9.17, 15) is 10.1 Å². The highest BCUT2D eigenvalue weighted by Crippen LogP contribution is 2.38. The zero-order chi connectivity index (χ0) is 22.2. The highest BCUT2D eigenvalue weighted by molar-refractivity contribution is 7.84. The highest BCUT2D eigenvalue weighted by atomic mass is 35.5. The van der Waals surface area contributed by atoms with Gasteiger partial charge >= 0.3 is 0 Å². The summed E-state index contributed by atoms with van der Waals surface area (Å²) in [6.45, 7) is 0. The molecule has 1 aliphatic heterocycles. The molecular weight excluding hydrogens is 444 g/mol. The number of halogens is 1. The van der Waals surface area contributed by atoms with E-state index in [0.717, 1.165) is 22.2 Å². The zero-order valence-electron chi connectivity index (χ0n) is 16.5. The smallest absolute Gasteiger partial charge is 0.266 e. The maximum atomic E-state index is 12.6. The van der Waals surface area contributed by atoms with E-state index >= 15 is 0 Å². The molecular formula is C24H15ClN4O2S. The molecule has 0 bridgehead atoms. The number of nitriles is 1. The summed E-state index contributed by atoms with van der Waals surface area (Å²) >= 11 is 10.6. The maximum Gasteiger partial charge on any atom is 0.266 e. The van der Waals surface area contributed by atoms with Gasteiger partial charge in [0.1, 0.15) is 23.3 Å². The molecule has 1 amide bonds. The first-order valence-corrected chi connectivity index (χ1v) is 10.5. The van der Waals surface area contributed by atoms with Gasteiger partial charge in [-0.1, -0.05) is 41.0 Å². The zero-order valence-corrected chi connectivity index (χ0v) is 18.1. The normalized spacial score (nSPS) is 16.2. The second-order valence-electron chi connectivity index (χ2n) is 7.19. The lowest BCUT2D eigenvalue weighted by Gasteiger charge is -2.38. The molecule has 0 fully saturated rings. The Morgan fingerprint density at radius 3 is 2.56 bits per heavy atom. The lowest BCUT2D eigenvalue weighted by molar-refractivity contribution is -0.118. The Morgan fingerprint density at radius 1 is 1.09 bits per heavy atom. The monoisotopic (exact) mass is 458 g/mol. The number of nitrogens with zero attached hydrogens (tertiary/aromatic N) is 3. The van der Waals surface area contributed by atoms with Crippen LogP contribution in [0.2, 0.25) is 5.02 Å². The van der Waals surface area contributed by atoms with Crippen LogP contribution in [0.1, 0.15) is 11.7 Å². The third-order valence-corrected chi connectivity index (χ3v) is 5.96. The van der Waals surface area contributed by atoms with E-state index in [1.165, 1.54) is 0 Å². The Balaban J connectivity index is 1.65. The number of benzene rings is 3. The minimum Gasteiger partial charge on any atom is -0.355 e. The van der Waals surface area contributed by atoms with Crippen LogP contribution in [-0.2, 0) is 4.79 Å². The molecule has 6 nitrogen and oxygen atoms in total. The summed E-state index contributed by atoms with van der Waals surface area (Å²) in [6, 6.07) is 24.3. The predicted molar refractivity (Wildman–Crippen MR) is 126 cm³/mol. The van der Waals surface area contributed by atoms with Gasteiger partial charge in [-0.2, -0.15) is 5.26 Å². The van der Waals surface area contributed by atoms with Gasteiger partial charge in [0.05, 0.1) is 10.4 Å². The fourth-order valence-corrected chi connectivity index (χ4v) is 4.25. The molecule has 1 aliphatic rings. The summed E-state index contributed by atoms with van der Waals surface area (Å²) in [6.07, 6.45) is -0.577. The van der Waals surface area contributed by atoms with Gasteiger partial charge in [-0.3, -0.25) is 4.79 Å². The highest BCUT2D eigenvalue weighted by Gasteiger charge is 2.34. The average molecular weight is 459 g/mol. The van der Waals surface area contributed by atoms with Crippen LogP contribution in [0.25, 0.3) is 22.2 Å². The van der Waals surface area contributed by atoms with Gasteiger partial charge in [0, 0.05) is 16.3 Å². The number of para-hydroxylation sites is 1. The largest absolute Gasteiger partial charge is 0.355 e. The number of aromatic nitrogens is 1. The lowest BCUT2D eigenvalue weighted by atomic mass is 10.0. The number of hydrogen-bond donors (Lipinski definition) is 2.